The predicted molar refractivity (Wildman–Crippen MR) is 85.5 cm³/mol. The normalized spacial score (nSPS) is 10.6. The van der Waals surface area contributed by atoms with Gasteiger partial charge in [-0.15, -0.1) is 0 Å². The highest BCUT2D eigenvalue weighted by Crippen LogP contribution is 2.08. The highest BCUT2D eigenvalue weighted by Gasteiger charge is 2.10. The standard InChI is InChI=1S/C16H14FN5O3/c17-12-3-1-11(2-4-12)9-21-8-6-14(20-21)18-15(23)10-22-7-5-13(19-22)16(24)25/h1-8H,9-10H2,(H,24,25)(H,18,20,23). The van der Waals surface area contributed by atoms with E-state index in [2.05, 4.69) is 15.5 Å². The van der Waals surface area contributed by atoms with Gasteiger partial charge < -0.3 is 10.4 Å². The largest absolute Gasteiger partial charge is 0.476 e. The zero-order valence-corrected chi connectivity index (χ0v) is 13.0. The van der Waals surface area contributed by atoms with E-state index < -0.39 is 5.97 Å². The van der Waals surface area contributed by atoms with Crippen LogP contribution in [0, 0.1) is 5.82 Å². The molecule has 2 heterocycles. The highest BCUT2D eigenvalue weighted by atomic mass is 19.1. The summed E-state index contributed by atoms with van der Waals surface area (Å²) in [5, 5.41) is 19.4. The van der Waals surface area contributed by atoms with E-state index in [0.717, 1.165) is 5.56 Å². The second kappa shape index (κ2) is 6.95. The van der Waals surface area contributed by atoms with Gasteiger partial charge >= 0.3 is 5.97 Å². The summed E-state index contributed by atoms with van der Waals surface area (Å²) in [4.78, 5) is 22.7. The van der Waals surface area contributed by atoms with Crippen molar-refractivity contribution in [2.24, 2.45) is 0 Å². The fourth-order valence-electron chi connectivity index (χ4n) is 2.19. The minimum atomic E-state index is -1.15. The van der Waals surface area contributed by atoms with Crippen LogP contribution in [0.2, 0.25) is 0 Å². The lowest BCUT2D eigenvalue weighted by molar-refractivity contribution is -0.116. The quantitative estimate of drug-likeness (QED) is 0.708. The van der Waals surface area contributed by atoms with Crippen molar-refractivity contribution in [3.63, 3.8) is 0 Å². The fourth-order valence-corrected chi connectivity index (χ4v) is 2.19. The van der Waals surface area contributed by atoms with Crippen LogP contribution in [0.25, 0.3) is 0 Å². The summed E-state index contributed by atoms with van der Waals surface area (Å²) in [5.74, 6) is -1.48. The molecule has 8 nitrogen and oxygen atoms in total. The van der Waals surface area contributed by atoms with Crippen LogP contribution in [0.15, 0.2) is 48.8 Å². The summed E-state index contributed by atoms with van der Waals surface area (Å²) in [6.45, 7) is 0.315. The molecule has 0 saturated carbocycles. The van der Waals surface area contributed by atoms with Gasteiger partial charge in [0, 0.05) is 18.5 Å². The van der Waals surface area contributed by atoms with Crippen LogP contribution >= 0.6 is 0 Å². The Labute approximate surface area is 141 Å². The molecule has 3 aromatic rings. The van der Waals surface area contributed by atoms with Crippen molar-refractivity contribution in [2.45, 2.75) is 13.1 Å². The maximum absolute atomic E-state index is 12.9. The Morgan fingerprint density at radius 2 is 1.76 bits per heavy atom. The molecule has 0 aliphatic carbocycles. The number of carbonyl (C=O) groups excluding carboxylic acids is 1. The number of halogens is 1. The van der Waals surface area contributed by atoms with Crippen LogP contribution in [-0.4, -0.2) is 36.5 Å². The summed E-state index contributed by atoms with van der Waals surface area (Å²) in [5.41, 5.74) is 0.747. The number of rotatable bonds is 6. The predicted octanol–water partition coefficient (Wildman–Crippen LogP) is 1.60. The van der Waals surface area contributed by atoms with Gasteiger partial charge in [-0.2, -0.15) is 10.2 Å². The van der Waals surface area contributed by atoms with E-state index in [1.54, 1.807) is 29.1 Å². The van der Waals surface area contributed by atoms with E-state index in [4.69, 9.17) is 5.11 Å². The number of anilines is 1. The number of carbonyl (C=O) groups is 2. The molecular formula is C16H14FN5O3. The van der Waals surface area contributed by atoms with Crippen LogP contribution in [0.5, 0.6) is 0 Å². The molecule has 0 aliphatic heterocycles. The second-order valence-electron chi connectivity index (χ2n) is 5.28. The average molecular weight is 343 g/mol. The van der Waals surface area contributed by atoms with Crippen molar-refractivity contribution in [1.82, 2.24) is 19.6 Å². The lowest BCUT2D eigenvalue weighted by Crippen LogP contribution is -2.20. The lowest BCUT2D eigenvalue weighted by Gasteiger charge is -2.03. The minimum absolute atomic E-state index is 0.127. The van der Waals surface area contributed by atoms with Gasteiger partial charge in [0.05, 0.1) is 6.54 Å². The van der Waals surface area contributed by atoms with Crippen molar-refractivity contribution >= 4 is 17.7 Å². The van der Waals surface area contributed by atoms with Crippen molar-refractivity contribution in [3.8, 4) is 0 Å². The molecule has 3 rings (SSSR count). The fraction of sp³-hybridized carbons (Fsp3) is 0.125. The highest BCUT2D eigenvalue weighted by molar-refractivity contribution is 5.89. The van der Waals surface area contributed by atoms with Gasteiger partial charge in [-0.1, -0.05) is 12.1 Å². The molecule has 2 N–H and O–H groups in total. The number of carboxylic acids is 1. The Morgan fingerprint density at radius 3 is 2.44 bits per heavy atom. The first kappa shape index (κ1) is 16.4. The van der Waals surface area contributed by atoms with Gasteiger partial charge in [-0.25, -0.2) is 9.18 Å². The van der Waals surface area contributed by atoms with E-state index in [9.17, 15) is 14.0 Å². The van der Waals surface area contributed by atoms with Gasteiger partial charge in [0.2, 0.25) is 5.91 Å². The van der Waals surface area contributed by atoms with Gasteiger partial charge in [0.15, 0.2) is 11.5 Å². The zero-order chi connectivity index (χ0) is 17.8. The second-order valence-corrected chi connectivity index (χ2v) is 5.28. The molecule has 0 fully saturated rings. The molecule has 128 valence electrons. The maximum Gasteiger partial charge on any atom is 0.356 e. The van der Waals surface area contributed by atoms with Gasteiger partial charge in [-0.05, 0) is 23.8 Å². The topological polar surface area (TPSA) is 102 Å². The third-order valence-electron chi connectivity index (χ3n) is 3.33. The van der Waals surface area contributed by atoms with Crippen LogP contribution < -0.4 is 5.32 Å². The smallest absolute Gasteiger partial charge is 0.356 e. The molecule has 0 aliphatic rings. The Bertz CT molecular complexity index is 901. The van der Waals surface area contributed by atoms with Gasteiger partial charge in [0.1, 0.15) is 12.4 Å². The number of nitrogens with zero attached hydrogens (tertiary/aromatic N) is 4. The molecule has 0 bridgehead atoms. The van der Waals surface area contributed by atoms with Crippen LogP contribution in [0.4, 0.5) is 10.2 Å². The first-order chi connectivity index (χ1) is 12.0. The summed E-state index contributed by atoms with van der Waals surface area (Å²) < 4.78 is 15.7. The first-order valence-electron chi connectivity index (χ1n) is 7.34. The number of benzene rings is 1. The number of carboxylic acid groups (broad SMARTS) is 1. The van der Waals surface area contributed by atoms with E-state index in [1.807, 2.05) is 0 Å². The molecule has 1 amide bonds. The van der Waals surface area contributed by atoms with Crippen molar-refractivity contribution < 1.29 is 19.1 Å². The number of amides is 1. The number of hydrogen-bond acceptors (Lipinski definition) is 4. The number of nitrogens with one attached hydrogen (secondary N) is 1. The third kappa shape index (κ3) is 4.28. The summed E-state index contributed by atoms with van der Waals surface area (Å²) in [6.07, 6.45) is 3.10. The van der Waals surface area contributed by atoms with Crippen molar-refractivity contribution in [2.75, 3.05) is 5.32 Å². The summed E-state index contributed by atoms with van der Waals surface area (Å²) in [7, 11) is 0. The van der Waals surface area contributed by atoms with Crippen molar-refractivity contribution in [1.29, 1.82) is 0 Å². The molecule has 9 heteroatoms. The Kier molecular flexibility index (Phi) is 4.55. The maximum atomic E-state index is 12.9. The average Bonchev–Trinajstić information content (AvgIpc) is 3.19. The number of hydrogen-bond donors (Lipinski definition) is 2. The molecule has 25 heavy (non-hydrogen) atoms. The zero-order valence-electron chi connectivity index (χ0n) is 13.0. The third-order valence-corrected chi connectivity index (χ3v) is 3.33. The van der Waals surface area contributed by atoms with E-state index in [-0.39, 0.29) is 24.0 Å². The van der Waals surface area contributed by atoms with Gasteiger partial charge in [0.25, 0.3) is 0 Å². The molecule has 0 saturated heterocycles. The molecule has 0 radical (unpaired) electrons. The Hall–Kier alpha value is -3.49. The van der Waals surface area contributed by atoms with Crippen LogP contribution in [0.3, 0.4) is 0 Å². The molecule has 1 aromatic carbocycles. The van der Waals surface area contributed by atoms with E-state index >= 15 is 0 Å². The minimum Gasteiger partial charge on any atom is -0.476 e. The molecular weight excluding hydrogens is 329 g/mol. The van der Waals surface area contributed by atoms with Gasteiger partial charge in [-0.3, -0.25) is 14.2 Å². The van der Waals surface area contributed by atoms with E-state index in [1.165, 1.54) is 29.1 Å². The summed E-state index contributed by atoms with van der Waals surface area (Å²) in [6, 6.07) is 9.01. The Balaban J connectivity index is 1.57. The number of aromatic carboxylic acids is 1. The monoisotopic (exact) mass is 343 g/mol. The molecule has 2 aromatic heterocycles. The van der Waals surface area contributed by atoms with Crippen LogP contribution in [0.1, 0.15) is 16.1 Å². The Morgan fingerprint density at radius 1 is 1.04 bits per heavy atom. The summed E-state index contributed by atoms with van der Waals surface area (Å²) >= 11 is 0. The van der Waals surface area contributed by atoms with Crippen LogP contribution in [-0.2, 0) is 17.9 Å². The van der Waals surface area contributed by atoms with E-state index in [0.29, 0.717) is 12.4 Å². The first-order valence-corrected chi connectivity index (χ1v) is 7.34. The number of aromatic nitrogens is 4. The lowest BCUT2D eigenvalue weighted by atomic mass is 10.2. The van der Waals surface area contributed by atoms with Crippen molar-refractivity contribution in [3.05, 3.63) is 65.9 Å². The molecule has 0 unspecified atom stereocenters. The molecule has 0 atom stereocenters. The molecule has 0 spiro atoms. The SMILES string of the molecule is O=C(Cn1ccc(C(=O)O)n1)Nc1ccn(Cc2ccc(F)cc2)n1.